The smallest absolute Gasteiger partial charge is 0.347 e. The highest BCUT2D eigenvalue weighted by Crippen LogP contribution is 2.17. The van der Waals surface area contributed by atoms with E-state index in [1.807, 2.05) is 0 Å². The van der Waals surface area contributed by atoms with E-state index in [0.29, 0.717) is 10.7 Å². The molecule has 0 saturated heterocycles. The number of likely N-dealkylation sites (N-methyl/N-ethyl adjacent to an activating group) is 1. The van der Waals surface area contributed by atoms with Crippen LogP contribution in [-0.4, -0.2) is 35.6 Å². The first kappa shape index (κ1) is 12.6. The number of thiazole rings is 1. The van der Waals surface area contributed by atoms with Gasteiger partial charge in [0.25, 0.3) is 0 Å². The molecule has 7 heteroatoms. The van der Waals surface area contributed by atoms with Crippen LogP contribution < -0.4 is 10.6 Å². The van der Waals surface area contributed by atoms with Crippen LogP contribution in [0.15, 0.2) is 0 Å². The highest BCUT2D eigenvalue weighted by Gasteiger charge is 2.13. The minimum Gasteiger partial charge on any atom is -0.477 e. The lowest BCUT2D eigenvalue weighted by Crippen LogP contribution is -2.31. The third-order valence-electron chi connectivity index (χ3n) is 1.81. The van der Waals surface area contributed by atoms with Crippen molar-refractivity contribution in [1.82, 2.24) is 15.6 Å². The molecule has 0 aliphatic carbocycles. The number of nitrogens with zero attached hydrogens (tertiary/aromatic N) is 1. The molecule has 1 amide bonds. The molecule has 0 bridgehead atoms. The van der Waals surface area contributed by atoms with Gasteiger partial charge >= 0.3 is 5.97 Å². The van der Waals surface area contributed by atoms with Crippen molar-refractivity contribution >= 4 is 23.2 Å². The van der Waals surface area contributed by atoms with Gasteiger partial charge in [-0.3, -0.25) is 4.79 Å². The van der Waals surface area contributed by atoms with Crippen LogP contribution in [0.4, 0.5) is 0 Å². The molecular formula is C9H13N3O3S. The lowest BCUT2D eigenvalue weighted by molar-refractivity contribution is -0.120. The third kappa shape index (κ3) is 3.28. The fourth-order valence-electron chi connectivity index (χ4n) is 1.12. The quantitative estimate of drug-likeness (QED) is 0.676. The van der Waals surface area contributed by atoms with Crippen LogP contribution in [0, 0.1) is 6.92 Å². The van der Waals surface area contributed by atoms with E-state index in [9.17, 15) is 9.59 Å². The number of aromatic nitrogens is 1. The summed E-state index contributed by atoms with van der Waals surface area (Å²) >= 11 is 1.08. The first-order valence-corrected chi connectivity index (χ1v) is 5.47. The summed E-state index contributed by atoms with van der Waals surface area (Å²) in [6.45, 7) is 2.13. The molecule has 1 aromatic rings. The number of carboxylic acid groups (broad SMARTS) is 1. The number of aromatic carboxylic acids is 1. The van der Waals surface area contributed by atoms with E-state index in [1.165, 1.54) is 0 Å². The summed E-state index contributed by atoms with van der Waals surface area (Å²) in [4.78, 5) is 26.2. The van der Waals surface area contributed by atoms with Crippen molar-refractivity contribution in [3.05, 3.63) is 15.6 Å². The molecule has 1 aromatic heterocycles. The maximum Gasteiger partial charge on any atom is 0.347 e. The molecular weight excluding hydrogens is 230 g/mol. The Kier molecular flexibility index (Phi) is 4.39. The molecule has 0 spiro atoms. The summed E-state index contributed by atoms with van der Waals surface area (Å²) in [5, 5.41) is 14.8. The van der Waals surface area contributed by atoms with E-state index in [4.69, 9.17) is 5.11 Å². The number of carbonyl (C=O) groups is 2. The van der Waals surface area contributed by atoms with Crippen LogP contribution in [0.3, 0.4) is 0 Å². The van der Waals surface area contributed by atoms with Crippen LogP contribution in [-0.2, 0) is 11.3 Å². The van der Waals surface area contributed by atoms with Crippen LogP contribution >= 0.6 is 11.3 Å². The van der Waals surface area contributed by atoms with Crippen LogP contribution in [0.5, 0.6) is 0 Å². The van der Waals surface area contributed by atoms with Crippen molar-refractivity contribution in [3.63, 3.8) is 0 Å². The molecule has 0 atom stereocenters. The Morgan fingerprint density at radius 2 is 2.19 bits per heavy atom. The molecule has 0 radical (unpaired) electrons. The summed E-state index contributed by atoms with van der Waals surface area (Å²) in [6, 6.07) is 0. The number of rotatable bonds is 5. The minimum atomic E-state index is -0.984. The van der Waals surface area contributed by atoms with Gasteiger partial charge in [0, 0.05) is 0 Å². The summed E-state index contributed by atoms with van der Waals surface area (Å²) in [5.74, 6) is -1.13. The first-order valence-electron chi connectivity index (χ1n) is 4.65. The van der Waals surface area contributed by atoms with E-state index in [0.717, 1.165) is 11.3 Å². The maximum absolute atomic E-state index is 11.1. The molecule has 0 aliphatic heterocycles. The average Bonchev–Trinajstić information content (AvgIpc) is 2.57. The first-order chi connectivity index (χ1) is 7.54. The van der Waals surface area contributed by atoms with Crippen molar-refractivity contribution in [3.8, 4) is 0 Å². The lowest BCUT2D eigenvalue weighted by Gasteiger charge is -2.00. The standard InChI is InChI=1S/C9H13N3O3S/c1-5-8(9(14)15)16-7(12-5)4-11-6(13)3-10-2/h10H,3-4H2,1-2H3,(H,11,13)(H,14,15). The molecule has 0 aromatic carbocycles. The fraction of sp³-hybridized carbons (Fsp3) is 0.444. The molecule has 0 saturated carbocycles. The van der Waals surface area contributed by atoms with Gasteiger partial charge in [0.1, 0.15) is 9.88 Å². The second-order valence-electron chi connectivity index (χ2n) is 3.13. The highest BCUT2D eigenvalue weighted by molar-refractivity contribution is 7.13. The Morgan fingerprint density at radius 3 is 2.69 bits per heavy atom. The average molecular weight is 243 g/mol. The summed E-state index contributed by atoms with van der Waals surface area (Å²) in [7, 11) is 1.68. The van der Waals surface area contributed by atoms with E-state index < -0.39 is 5.97 Å². The topological polar surface area (TPSA) is 91.3 Å². The Bertz CT molecular complexity index is 403. The molecule has 1 rings (SSSR count). The Hall–Kier alpha value is -1.47. The van der Waals surface area contributed by atoms with Crippen molar-refractivity contribution in [2.24, 2.45) is 0 Å². The second-order valence-corrected chi connectivity index (χ2v) is 4.22. The van der Waals surface area contributed by atoms with Gasteiger partial charge in [0.2, 0.25) is 5.91 Å². The Morgan fingerprint density at radius 1 is 1.50 bits per heavy atom. The zero-order valence-corrected chi connectivity index (χ0v) is 9.85. The highest BCUT2D eigenvalue weighted by atomic mass is 32.1. The number of hydrogen-bond donors (Lipinski definition) is 3. The van der Waals surface area contributed by atoms with Gasteiger partial charge in [-0.1, -0.05) is 0 Å². The molecule has 6 nitrogen and oxygen atoms in total. The zero-order valence-electron chi connectivity index (χ0n) is 9.03. The van der Waals surface area contributed by atoms with Gasteiger partial charge in [0.05, 0.1) is 18.8 Å². The number of carbonyl (C=O) groups excluding carboxylic acids is 1. The van der Waals surface area contributed by atoms with Gasteiger partial charge < -0.3 is 15.7 Å². The number of hydrogen-bond acceptors (Lipinski definition) is 5. The van der Waals surface area contributed by atoms with Crippen molar-refractivity contribution in [2.45, 2.75) is 13.5 Å². The van der Waals surface area contributed by atoms with Crippen molar-refractivity contribution in [2.75, 3.05) is 13.6 Å². The predicted molar refractivity (Wildman–Crippen MR) is 59.6 cm³/mol. The molecule has 1 heterocycles. The molecule has 0 fully saturated rings. The lowest BCUT2D eigenvalue weighted by atomic mass is 10.4. The second kappa shape index (κ2) is 5.57. The molecule has 88 valence electrons. The van der Waals surface area contributed by atoms with E-state index in [1.54, 1.807) is 14.0 Å². The van der Waals surface area contributed by atoms with Gasteiger partial charge in [-0.25, -0.2) is 9.78 Å². The van der Waals surface area contributed by atoms with Crippen molar-refractivity contribution < 1.29 is 14.7 Å². The largest absolute Gasteiger partial charge is 0.477 e. The zero-order chi connectivity index (χ0) is 12.1. The Labute approximate surface area is 96.7 Å². The van der Waals surface area contributed by atoms with E-state index in [2.05, 4.69) is 15.6 Å². The minimum absolute atomic E-state index is 0.146. The third-order valence-corrected chi connectivity index (χ3v) is 2.95. The predicted octanol–water partition coefficient (Wildman–Crippen LogP) is -0.0147. The molecule has 0 unspecified atom stereocenters. The fourth-order valence-corrected chi connectivity index (χ4v) is 1.97. The van der Waals surface area contributed by atoms with E-state index >= 15 is 0 Å². The number of carboxylic acids is 1. The number of nitrogens with one attached hydrogen (secondary N) is 2. The van der Waals surface area contributed by atoms with Crippen LogP contribution in [0.2, 0.25) is 0 Å². The monoisotopic (exact) mass is 243 g/mol. The molecule has 0 aliphatic rings. The van der Waals surface area contributed by atoms with Crippen molar-refractivity contribution in [1.29, 1.82) is 0 Å². The van der Waals surface area contributed by atoms with Crippen LogP contribution in [0.25, 0.3) is 0 Å². The summed E-state index contributed by atoms with van der Waals surface area (Å²) < 4.78 is 0. The summed E-state index contributed by atoms with van der Waals surface area (Å²) in [5.41, 5.74) is 0.482. The number of amides is 1. The summed E-state index contributed by atoms with van der Waals surface area (Å²) in [6.07, 6.45) is 0. The van der Waals surface area contributed by atoms with Crippen LogP contribution in [0.1, 0.15) is 20.4 Å². The Balaban J connectivity index is 2.58. The van der Waals surface area contributed by atoms with Gasteiger partial charge in [-0.05, 0) is 14.0 Å². The van der Waals surface area contributed by atoms with Gasteiger partial charge in [0.15, 0.2) is 0 Å². The van der Waals surface area contributed by atoms with Gasteiger partial charge in [-0.15, -0.1) is 11.3 Å². The van der Waals surface area contributed by atoms with Gasteiger partial charge in [-0.2, -0.15) is 0 Å². The number of aryl methyl sites for hydroxylation is 1. The molecule has 3 N–H and O–H groups in total. The van der Waals surface area contributed by atoms with E-state index in [-0.39, 0.29) is 23.9 Å². The maximum atomic E-state index is 11.1. The normalized spacial score (nSPS) is 10.1. The molecule has 16 heavy (non-hydrogen) atoms. The SMILES string of the molecule is CNCC(=O)NCc1nc(C)c(C(=O)O)s1.